The Kier molecular flexibility index (Phi) is 5.13. The second-order valence-corrected chi connectivity index (χ2v) is 7.24. The molecule has 0 aliphatic carbocycles. The van der Waals surface area contributed by atoms with Crippen LogP contribution in [0.25, 0.3) is 22.5 Å². The van der Waals surface area contributed by atoms with E-state index in [2.05, 4.69) is 15.0 Å². The van der Waals surface area contributed by atoms with Gasteiger partial charge in [0.1, 0.15) is 11.5 Å². The molecule has 1 aromatic carbocycles. The summed E-state index contributed by atoms with van der Waals surface area (Å²) in [5.74, 6) is -0.526. The van der Waals surface area contributed by atoms with E-state index in [-0.39, 0.29) is 5.56 Å². The summed E-state index contributed by atoms with van der Waals surface area (Å²) in [5, 5.41) is 20.1. The molecule has 0 radical (unpaired) electrons. The van der Waals surface area contributed by atoms with Crippen molar-refractivity contribution < 1.29 is 9.50 Å². The number of hydrogen-bond acceptors (Lipinski definition) is 7. The van der Waals surface area contributed by atoms with E-state index >= 15 is 0 Å². The van der Waals surface area contributed by atoms with Crippen LogP contribution in [0.2, 0.25) is 0 Å². The quantitative estimate of drug-likeness (QED) is 0.510. The molecule has 3 N–H and O–H groups in total. The summed E-state index contributed by atoms with van der Waals surface area (Å²) in [6, 6.07) is 7.96. The molecule has 3 aromatic rings. The molecule has 1 aliphatic rings. The molecule has 146 valence electrons. The minimum Gasteiger partial charge on any atom is -0.858 e. The number of benzene rings is 1. The predicted molar refractivity (Wildman–Crippen MR) is 113 cm³/mol. The fourth-order valence-electron chi connectivity index (χ4n) is 2.98. The predicted octanol–water partition coefficient (Wildman–Crippen LogP) is 2.30. The summed E-state index contributed by atoms with van der Waals surface area (Å²) in [6.45, 7) is 0.619. The highest BCUT2D eigenvalue weighted by atomic mass is 32.2. The van der Waals surface area contributed by atoms with E-state index in [1.165, 1.54) is 30.1 Å². The number of nitrogens with one attached hydrogen (secondary N) is 1. The fourth-order valence-corrected chi connectivity index (χ4v) is 3.67. The minimum atomic E-state index is -0.659. The number of pyridine rings is 1. The molecule has 1 aliphatic heterocycles. The number of halogens is 1. The molecule has 2 aromatic heterocycles. The zero-order valence-electron chi connectivity index (χ0n) is 15.2. The largest absolute Gasteiger partial charge is 0.858 e. The first-order valence-corrected chi connectivity index (χ1v) is 9.72. The van der Waals surface area contributed by atoms with Crippen molar-refractivity contribution in [2.24, 2.45) is 15.7 Å². The normalized spacial score (nSPS) is 15.0. The second kappa shape index (κ2) is 7.88. The Morgan fingerprint density at radius 1 is 1.34 bits per heavy atom. The molecule has 7 nitrogen and oxygen atoms in total. The Morgan fingerprint density at radius 3 is 2.90 bits per heavy atom. The number of fused-ring (bicyclic) bond motifs is 1. The van der Waals surface area contributed by atoms with E-state index in [1.807, 2.05) is 6.07 Å². The topological polar surface area (TPSA) is 115 Å². The van der Waals surface area contributed by atoms with Crippen molar-refractivity contribution in [3.63, 3.8) is 0 Å². The number of allylic oxidation sites excluding steroid dienone is 1. The Bertz CT molecular complexity index is 1200. The first-order valence-electron chi connectivity index (χ1n) is 8.74. The molecular weight excluding hydrogens is 391 g/mol. The van der Waals surface area contributed by atoms with Crippen molar-refractivity contribution in [3.8, 4) is 11.3 Å². The van der Waals surface area contributed by atoms with Crippen LogP contribution in [0.3, 0.4) is 0 Å². The van der Waals surface area contributed by atoms with Gasteiger partial charge in [-0.25, -0.2) is 14.4 Å². The van der Waals surface area contributed by atoms with Gasteiger partial charge in [-0.1, -0.05) is 23.9 Å². The first kappa shape index (κ1) is 18.9. The van der Waals surface area contributed by atoms with Gasteiger partial charge in [0.05, 0.1) is 18.4 Å². The Balaban J connectivity index is 1.73. The molecular formula is C20H16FN6OS-. The van der Waals surface area contributed by atoms with Gasteiger partial charge in [-0.2, -0.15) is 0 Å². The number of imidazole rings is 1. The molecule has 0 atom stereocenters. The lowest BCUT2D eigenvalue weighted by molar-refractivity contribution is -0.212. The van der Waals surface area contributed by atoms with E-state index in [0.29, 0.717) is 34.2 Å². The van der Waals surface area contributed by atoms with Gasteiger partial charge in [-0.05, 0) is 18.2 Å². The summed E-state index contributed by atoms with van der Waals surface area (Å²) in [5.41, 5.74) is 8.62. The number of amidine groups is 1. The van der Waals surface area contributed by atoms with Crippen molar-refractivity contribution in [3.05, 3.63) is 65.9 Å². The molecule has 0 fully saturated rings. The molecule has 0 amide bonds. The van der Waals surface area contributed by atoms with Gasteiger partial charge in [0.25, 0.3) is 0 Å². The molecule has 0 unspecified atom stereocenters. The molecule has 0 saturated heterocycles. The van der Waals surface area contributed by atoms with Crippen molar-refractivity contribution in [1.29, 1.82) is 5.41 Å². The van der Waals surface area contributed by atoms with Crippen LogP contribution in [0.15, 0.2) is 58.9 Å². The van der Waals surface area contributed by atoms with E-state index in [0.717, 1.165) is 17.5 Å². The molecule has 0 saturated carbocycles. The monoisotopic (exact) mass is 407 g/mol. The number of thioether (sulfide) groups is 1. The van der Waals surface area contributed by atoms with Crippen LogP contribution in [0.4, 0.5) is 4.39 Å². The fraction of sp³-hybridized carbons (Fsp3) is 0.100. The lowest BCUT2D eigenvalue weighted by atomic mass is 10.1. The van der Waals surface area contributed by atoms with E-state index < -0.39 is 11.7 Å². The van der Waals surface area contributed by atoms with Crippen LogP contribution in [-0.2, 0) is 0 Å². The molecule has 0 spiro atoms. The Labute approximate surface area is 170 Å². The maximum atomic E-state index is 14.7. The summed E-state index contributed by atoms with van der Waals surface area (Å²) in [6.07, 6.45) is 5.92. The van der Waals surface area contributed by atoms with Crippen LogP contribution in [0.1, 0.15) is 11.1 Å². The van der Waals surface area contributed by atoms with E-state index in [4.69, 9.17) is 11.1 Å². The Hall–Kier alpha value is -3.46. The van der Waals surface area contributed by atoms with Crippen molar-refractivity contribution in [1.82, 2.24) is 9.38 Å². The van der Waals surface area contributed by atoms with Gasteiger partial charge in [0.15, 0.2) is 5.17 Å². The van der Waals surface area contributed by atoms with Crippen molar-refractivity contribution >= 4 is 40.3 Å². The van der Waals surface area contributed by atoms with E-state index in [1.54, 1.807) is 28.9 Å². The van der Waals surface area contributed by atoms with Crippen molar-refractivity contribution in [2.75, 3.05) is 12.3 Å². The third kappa shape index (κ3) is 3.64. The average Bonchev–Trinajstić information content (AvgIpc) is 3.38. The van der Waals surface area contributed by atoms with Gasteiger partial charge in [-0.15, -0.1) is 0 Å². The van der Waals surface area contributed by atoms with Crippen LogP contribution in [0, 0.1) is 11.2 Å². The smallest absolute Gasteiger partial charge is 0.182 e. The standard InChI is InChI=1S/C20H17FN6OS/c21-16-7-12(1-3-15(16)19(28)26-20-24-5-6-29-20)17-10-25-18-4-2-13(11-27(17)18)14(8-22)9-23/h1-4,7-11,22H,5-6,23H2,(H,24,26,28)/p-1/b14-9+,22-8?. The first-order chi connectivity index (χ1) is 14.1. The second-order valence-electron chi connectivity index (χ2n) is 6.18. The van der Waals surface area contributed by atoms with Gasteiger partial charge >= 0.3 is 0 Å². The van der Waals surface area contributed by atoms with Gasteiger partial charge in [0.2, 0.25) is 0 Å². The van der Waals surface area contributed by atoms with Gasteiger partial charge in [0, 0.05) is 52.5 Å². The number of nitrogens with two attached hydrogens (primary N) is 1. The minimum absolute atomic E-state index is 0.101. The number of aromatic nitrogens is 2. The van der Waals surface area contributed by atoms with Crippen LogP contribution in [-0.4, -0.2) is 39.0 Å². The molecule has 9 heteroatoms. The summed E-state index contributed by atoms with van der Waals surface area (Å²) >= 11 is 1.38. The highest BCUT2D eigenvalue weighted by Gasteiger charge is 2.12. The van der Waals surface area contributed by atoms with Gasteiger partial charge < -0.3 is 16.2 Å². The maximum Gasteiger partial charge on any atom is 0.182 e. The summed E-state index contributed by atoms with van der Waals surface area (Å²) in [4.78, 5) is 12.3. The van der Waals surface area contributed by atoms with Gasteiger partial charge in [-0.3, -0.25) is 9.39 Å². The summed E-state index contributed by atoms with van der Waals surface area (Å²) in [7, 11) is 0. The average molecular weight is 407 g/mol. The van der Waals surface area contributed by atoms with Crippen LogP contribution >= 0.6 is 11.8 Å². The van der Waals surface area contributed by atoms with E-state index in [9.17, 15) is 9.50 Å². The van der Waals surface area contributed by atoms with Crippen LogP contribution in [0.5, 0.6) is 0 Å². The third-order valence-electron chi connectivity index (χ3n) is 4.44. The molecule has 0 bridgehead atoms. The number of nitrogens with zero attached hydrogens (tertiary/aromatic N) is 4. The highest BCUT2D eigenvalue weighted by molar-refractivity contribution is 8.14. The maximum absolute atomic E-state index is 14.7. The zero-order chi connectivity index (χ0) is 20.4. The third-order valence-corrected chi connectivity index (χ3v) is 5.30. The lowest BCUT2D eigenvalue weighted by Crippen LogP contribution is -2.21. The summed E-state index contributed by atoms with van der Waals surface area (Å²) < 4.78 is 16.5. The van der Waals surface area contributed by atoms with Crippen LogP contribution < -0.4 is 10.8 Å². The zero-order valence-corrected chi connectivity index (χ0v) is 16.0. The number of rotatable bonds is 4. The molecule has 3 heterocycles. The van der Waals surface area contributed by atoms with Crippen molar-refractivity contribution in [2.45, 2.75) is 0 Å². The lowest BCUT2D eigenvalue weighted by Gasteiger charge is -2.13. The molecule has 29 heavy (non-hydrogen) atoms. The Morgan fingerprint density at radius 2 is 2.21 bits per heavy atom. The number of hydrogen-bond donors (Lipinski definition) is 2. The highest BCUT2D eigenvalue weighted by Crippen LogP contribution is 2.25. The SMILES string of the molecule is N=C/C(=C\N)c1ccc2ncc(-c3ccc(C([O-])=NC4=NCCS4)c(F)c3)n2c1. The number of aliphatic imine (C=N–C) groups is 2. The molecule has 4 rings (SSSR count).